The lowest BCUT2D eigenvalue weighted by Gasteiger charge is -2.01. The standard InChI is InChI=1S/C13H11BrO3/c1-8-3-4-9(7-10(8)14)11-5-6-12(17-11)13(15)16-2/h3-7H,1-2H3. The molecule has 2 rings (SSSR count). The Kier molecular flexibility index (Phi) is 3.33. The number of esters is 1. The summed E-state index contributed by atoms with van der Waals surface area (Å²) in [5.41, 5.74) is 2.06. The van der Waals surface area contributed by atoms with Crippen molar-refractivity contribution >= 4 is 21.9 Å². The number of halogens is 1. The van der Waals surface area contributed by atoms with E-state index in [1.165, 1.54) is 7.11 Å². The maximum Gasteiger partial charge on any atom is 0.373 e. The molecular weight excluding hydrogens is 284 g/mol. The van der Waals surface area contributed by atoms with E-state index in [0.29, 0.717) is 5.76 Å². The van der Waals surface area contributed by atoms with Gasteiger partial charge < -0.3 is 9.15 Å². The van der Waals surface area contributed by atoms with Crippen molar-refractivity contribution in [3.63, 3.8) is 0 Å². The summed E-state index contributed by atoms with van der Waals surface area (Å²) < 4.78 is 11.0. The predicted molar refractivity (Wildman–Crippen MR) is 67.9 cm³/mol. The van der Waals surface area contributed by atoms with Crippen LogP contribution < -0.4 is 0 Å². The van der Waals surface area contributed by atoms with E-state index in [1.807, 2.05) is 25.1 Å². The van der Waals surface area contributed by atoms with Crippen molar-refractivity contribution < 1.29 is 13.9 Å². The minimum atomic E-state index is -0.470. The van der Waals surface area contributed by atoms with Crippen LogP contribution in [0.15, 0.2) is 39.2 Å². The van der Waals surface area contributed by atoms with Gasteiger partial charge in [0, 0.05) is 10.0 Å². The third-order valence-corrected chi connectivity index (χ3v) is 3.30. The van der Waals surface area contributed by atoms with Gasteiger partial charge in [-0.15, -0.1) is 0 Å². The molecule has 0 aliphatic rings. The van der Waals surface area contributed by atoms with E-state index in [-0.39, 0.29) is 5.76 Å². The maximum atomic E-state index is 11.3. The first-order chi connectivity index (χ1) is 8.11. The number of rotatable bonds is 2. The SMILES string of the molecule is COC(=O)c1ccc(-c2ccc(C)c(Br)c2)o1. The molecule has 0 aliphatic carbocycles. The van der Waals surface area contributed by atoms with E-state index in [2.05, 4.69) is 20.7 Å². The number of hydrogen-bond acceptors (Lipinski definition) is 3. The molecule has 0 N–H and O–H groups in total. The van der Waals surface area contributed by atoms with Crippen LogP contribution in [0, 0.1) is 6.92 Å². The lowest BCUT2D eigenvalue weighted by Crippen LogP contribution is -1.98. The molecule has 1 heterocycles. The highest BCUT2D eigenvalue weighted by Crippen LogP contribution is 2.27. The van der Waals surface area contributed by atoms with Crippen LogP contribution >= 0.6 is 15.9 Å². The molecule has 88 valence electrons. The molecule has 2 aromatic rings. The molecule has 1 aromatic carbocycles. The first-order valence-electron chi connectivity index (χ1n) is 5.06. The molecule has 0 bridgehead atoms. The second-order valence-electron chi connectivity index (χ2n) is 3.62. The molecular formula is C13H11BrO3. The van der Waals surface area contributed by atoms with Gasteiger partial charge in [0.1, 0.15) is 5.76 Å². The van der Waals surface area contributed by atoms with Gasteiger partial charge in [-0.1, -0.05) is 28.1 Å². The summed E-state index contributed by atoms with van der Waals surface area (Å²) in [6.07, 6.45) is 0. The fourth-order valence-corrected chi connectivity index (χ4v) is 1.83. The van der Waals surface area contributed by atoms with Crippen molar-refractivity contribution in [1.29, 1.82) is 0 Å². The summed E-state index contributed by atoms with van der Waals surface area (Å²) >= 11 is 3.46. The van der Waals surface area contributed by atoms with Gasteiger partial charge in [-0.25, -0.2) is 4.79 Å². The van der Waals surface area contributed by atoms with E-state index < -0.39 is 5.97 Å². The molecule has 0 aliphatic heterocycles. The van der Waals surface area contributed by atoms with Gasteiger partial charge in [0.2, 0.25) is 5.76 Å². The molecule has 0 atom stereocenters. The Morgan fingerprint density at radius 1 is 1.29 bits per heavy atom. The van der Waals surface area contributed by atoms with Crippen molar-refractivity contribution in [3.8, 4) is 11.3 Å². The highest BCUT2D eigenvalue weighted by Gasteiger charge is 2.12. The fraction of sp³-hybridized carbons (Fsp3) is 0.154. The molecule has 0 fully saturated rings. The van der Waals surface area contributed by atoms with E-state index in [0.717, 1.165) is 15.6 Å². The number of ether oxygens (including phenoxy) is 1. The van der Waals surface area contributed by atoms with E-state index in [4.69, 9.17) is 4.42 Å². The van der Waals surface area contributed by atoms with Crippen LogP contribution in [0.25, 0.3) is 11.3 Å². The molecule has 4 heteroatoms. The largest absolute Gasteiger partial charge is 0.463 e. The summed E-state index contributed by atoms with van der Waals surface area (Å²) in [5.74, 6) is 0.382. The molecule has 0 saturated heterocycles. The Morgan fingerprint density at radius 3 is 2.71 bits per heavy atom. The average molecular weight is 295 g/mol. The van der Waals surface area contributed by atoms with Crippen molar-refractivity contribution in [3.05, 3.63) is 46.1 Å². The van der Waals surface area contributed by atoms with Gasteiger partial charge in [0.15, 0.2) is 0 Å². The van der Waals surface area contributed by atoms with E-state index >= 15 is 0 Å². The highest BCUT2D eigenvalue weighted by atomic mass is 79.9. The van der Waals surface area contributed by atoms with Crippen LogP contribution in [0.3, 0.4) is 0 Å². The first kappa shape index (κ1) is 11.9. The number of furan rings is 1. The number of aryl methyl sites for hydroxylation is 1. The van der Waals surface area contributed by atoms with Crippen molar-refractivity contribution in [2.45, 2.75) is 6.92 Å². The Bertz CT molecular complexity index is 558. The van der Waals surface area contributed by atoms with Crippen LogP contribution in [0.5, 0.6) is 0 Å². The van der Waals surface area contributed by atoms with Gasteiger partial charge in [-0.3, -0.25) is 0 Å². The number of hydrogen-bond donors (Lipinski definition) is 0. The maximum absolute atomic E-state index is 11.3. The van der Waals surface area contributed by atoms with Crippen LogP contribution in [0.1, 0.15) is 16.1 Å². The minimum absolute atomic E-state index is 0.208. The first-order valence-corrected chi connectivity index (χ1v) is 5.86. The molecule has 0 saturated carbocycles. The molecule has 0 spiro atoms. The minimum Gasteiger partial charge on any atom is -0.463 e. The van der Waals surface area contributed by atoms with E-state index in [1.54, 1.807) is 12.1 Å². The zero-order valence-electron chi connectivity index (χ0n) is 9.49. The zero-order chi connectivity index (χ0) is 12.4. The molecule has 3 nitrogen and oxygen atoms in total. The molecule has 0 amide bonds. The van der Waals surface area contributed by atoms with Crippen LogP contribution in [0.2, 0.25) is 0 Å². The lowest BCUT2D eigenvalue weighted by atomic mass is 10.1. The normalized spacial score (nSPS) is 10.3. The van der Waals surface area contributed by atoms with Gasteiger partial charge in [-0.05, 0) is 30.7 Å². The van der Waals surface area contributed by atoms with Gasteiger partial charge in [0.25, 0.3) is 0 Å². The van der Waals surface area contributed by atoms with Crippen LogP contribution in [-0.2, 0) is 4.74 Å². The second-order valence-corrected chi connectivity index (χ2v) is 4.47. The van der Waals surface area contributed by atoms with Gasteiger partial charge >= 0.3 is 5.97 Å². The Morgan fingerprint density at radius 2 is 2.06 bits per heavy atom. The number of carbonyl (C=O) groups is 1. The monoisotopic (exact) mass is 294 g/mol. The fourth-order valence-electron chi connectivity index (χ4n) is 1.45. The summed E-state index contributed by atoms with van der Waals surface area (Å²) in [5, 5.41) is 0. The topological polar surface area (TPSA) is 39.4 Å². The Hall–Kier alpha value is -1.55. The second kappa shape index (κ2) is 4.75. The zero-order valence-corrected chi connectivity index (χ0v) is 11.1. The van der Waals surface area contributed by atoms with Crippen molar-refractivity contribution in [1.82, 2.24) is 0 Å². The smallest absolute Gasteiger partial charge is 0.373 e. The lowest BCUT2D eigenvalue weighted by molar-refractivity contribution is 0.0566. The molecule has 0 radical (unpaired) electrons. The van der Waals surface area contributed by atoms with Crippen molar-refractivity contribution in [2.75, 3.05) is 7.11 Å². The number of benzene rings is 1. The third-order valence-electron chi connectivity index (χ3n) is 2.45. The Labute approximate surface area is 108 Å². The summed E-state index contributed by atoms with van der Waals surface area (Å²) in [7, 11) is 1.33. The summed E-state index contributed by atoms with van der Waals surface area (Å²) in [6.45, 7) is 2.01. The molecule has 17 heavy (non-hydrogen) atoms. The number of carbonyl (C=O) groups excluding carboxylic acids is 1. The highest BCUT2D eigenvalue weighted by molar-refractivity contribution is 9.10. The van der Waals surface area contributed by atoms with Crippen LogP contribution in [0.4, 0.5) is 0 Å². The molecule has 1 aromatic heterocycles. The summed E-state index contributed by atoms with van der Waals surface area (Å²) in [6, 6.07) is 9.24. The summed E-state index contributed by atoms with van der Waals surface area (Å²) in [4.78, 5) is 11.3. The van der Waals surface area contributed by atoms with E-state index in [9.17, 15) is 4.79 Å². The quantitative estimate of drug-likeness (QED) is 0.791. The van der Waals surface area contributed by atoms with Gasteiger partial charge in [0.05, 0.1) is 7.11 Å². The van der Waals surface area contributed by atoms with Crippen LogP contribution in [-0.4, -0.2) is 13.1 Å². The Balaban J connectivity index is 2.37. The van der Waals surface area contributed by atoms with Crippen molar-refractivity contribution in [2.24, 2.45) is 0 Å². The van der Waals surface area contributed by atoms with Gasteiger partial charge in [-0.2, -0.15) is 0 Å². The molecule has 0 unspecified atom stereocenters. The average Bonchev–Trinajstić information content (AvgIpc) is 2.81. The predicted octanol–water partition coefficient (Wildman–Crippen LogP) is 3.80. The third kappa shape index (κ3) is 2.42. The number of methoxy groups -OCH3 is 1.